The monoisotopic (exact) mass is 342 g/mol. The zero-order valence-electron chi connectivity index (χ0n) is 15.5. The molecule has 0 aromatic heterocycles. The van der Waals surface area contributed by atoms with Crippen molar-refractivity contribution in [1.29, 1.82) is 0 Å². The minimum Gasteiger partial charge on any atom is -0.342 e. The molecule has 2 aliphatic heterocycles. The number of benzene rings is 1. The van der Waals surface area contributed by atoms with Gasteiger partial charge in [-0.2, -0.15) is 0 Å². The van der Waals surface area contributed by atoms with Crippen LogP contribution in [0.3, 0.4) is 0 Å². The summed E-state index contributed by atoms with van der Waals surface area (Å²) in [5.41, 5.74) is 2.43. The van der Waals surface area contributed by atoms with E-state index in [4.69, 9.17) is 0 Å². The third-order valence-electron chi connectivity index (χ3n) is 5.39. The summed E-state index contributed by atoms with van der Waals surface area (Å²) in [6.07, 6.45) is 5.10. The highest BCUT2D eigenvalue weighted by Gasteiger charge is 2.31. The quantitative estimate of drug-likeness (QED) is 0.825. The zero-order chi connectivity index (χ0) is 17.8. The molecule has 0 atom stereocenters. The van der Waals surface area contributed by atoms with Gasteiger partial charge in [0.15, 0.2) is 0 Å². The number of carbonyl (C=O) groups excluding carboxylic acids is 2. The summed E-state index contributed by atoms with van der Waals surface area (Å²) in [6, 6.07) is 8.81. The van der Waals surface area contributed by atoms with Crippen LogP contribution in [0.5, 0.6) is 0 Å². The van der Waals surface area contributed by atoms with Gasteiger partial charge < -0.3 is 9.80 Å². The van der Waals surface area contributed by atoms with E-state index in [-0.39, 0.29) is 5.91 Å². The number of hydrogen-bond donors (Lipinski definition) is 0. The smallest absolute Gasteiger partial charge is 0.226 e. The summed E-state index contributed by atoms with van der Waals surface area (Å²) in [7, 11) is 0. The minimum absolute atomic E-state index is 0.211. The van der Waals surface area contributed by atoms with Crippen molar-refractivity contribution in [3.8, 4) is 0 Å². The Kier molecular flexibility index (Phi) is 5.77. The van der Waals surface area contributed by atoms with E-state index in [2.05, 4.69) is 38.1 Å². The first-order valence-electron chi connectivity index (χ1n) is 9.68. The molecule has 0 saturated carbocycles. The van der Waals surface area contributed by atoms with Crippen LogP contribution in [0.1, 0.15) is 50.7 Å². The second kappa shape index (κ2) is 8.03. The molecule has 4 nitrogen and oxygen atoms in total. The maximum atomic E-state index is 12.6. The molecule has 25 heavy (non-hydrogen) atoms. The Bertz CT molecular complexity index is 601. The molecular weight excluding hydrogens is 312 g/mol. The molecule has 0 radical (unpaired) electrons. The summed E-state index contributed by atoms with van der Waals surface area (Å²) in [5, 5.41) is 0. The largest absolute Gasteiger partial charge is 0.342 e. The molecule has 2 aliphatic rings. The molecule has 2 fully saturated rings. The van der Waals surface area contributed by atoms with Gasteiger partial charge in [0.05, 0.1) is 6.42 Å². The van der Waals surface area contributed by atoms with Crippen molar-refractivity contribution < 1.29 is 9.59 Å². The SMILES string of the molecule is CC(C)Cc1ccc(CC(=O)N2CCC(N3CCCC3=O)CC2)cc1. The van der Waals surface area contributed by atoms with Gasteiger partial charge in [0.2, 0.25) is 11.8 Å². The standard InChI is InChI=1S/C21H30N2O2/c1-16(2)14-17-5-7-18(8-6-17)15-21(25)22-12-9-19(10-13-22)23-11-3-4-20(23)24/h5-8,16,19H,3-4,9-15H2,1-2H3. The van der Waals surface area contributed by atoms with Crippen molar-refractivity contribution in [3.63, 3.8) is 0 Å². The van der Waals surface area contributed by atoms with Crippen molar-refractivity contribution in [1.82, 2.24) is 9.80 Å². The number of hydrogen-bond acceptors (Lipinski definition) is 2. The number of nitrogens with zero attached hydrogens (tertiary/aromatic N) is 2. The van der Waals surface area contributed by atoms with Gasteiger partial charge in [0, 0.05) is 32.1 Å². The first kappa shape index (κ1) is 18.0. The van der Waals surface area contributed by atoms with E-state index in [0.717, 1.165) is 50.9 Å². The van der Waals surface area contributed by atoms with E-state index in [1.165, 1.54) is 5.56 Å². The molecule has 4 heteroatoms. The molecule has 0 N–H and O–H groups in total. The van der Waals surface area contributed by atoms with Crippen LogP contribution in [0, 0.1) is 5.92 Å². The third kappa shape index (κ3) is 4.62. The number of piperidine rings is 1. The molecule has 2 amide bonds. The average molecular weight is 342 g/mol. The molecule has 0 bridgehead atoms. The van der Waals surface area contributed by atoms with Gasteiger partial charge in [-0.3, -0.25) is 9.59 Å². The fourth-order valence-corrected chi connectivity index (χ4v) is 4.03. The lowest BCUT2D eigenvalue weighted by Crippen LogP contribution is -2.47. The maximum Gasteiger partial charge on any atom is 0.226 e. The molecule has 3 rings (SSSR count). The van der Waals surface area contributed by atoms with Crippen LogP contribution in [0.2, 0.25) is 0 Å². The number of carbonyl (C=O) groups is 2. The first-order valence-corrected chi connectivity index (χ1v) is 9.68. The summed E-state index contributed by atoms with van der Waals surface area (Å²) >= 11 is 0. The highest BCUT2D eigenvalue weighted by molar-refractivity contribution is 5.79. The van der Waals surface area contributed by atoms with Crippen LogP contribution in [-0.4, -0.2) is 47.3 Å². The van der Waals surface area contributed by atoms with Crippen molar-refractivity contribution in [2.45, 2.75) is 58.4 Å². The van der Waals surface area contributed by atoms with E-state index in [1.54, 1.807) is 0 Å². The molecule has 2 saturated heterocycles. The number of amides is 2. The third-order valence-corrected chi connectivity index (χ3v) is 5.39. The predicted molar refractivity (Wildman–Crippen MR) is 99.2 cm³/mol. The summed E-state index contributed by atoms with van der Waals surface area (Å²) in [6.45, 7) is 6.89. The molecule has 1 aromatic rings. The van der Waals surface area contributed by atoms with Crippen molar-refractivity contribution in [2.75, 3.05) is 19.6 Å². The van der Waals surface area contributed by atoms with Gasteiger partial charge in [-0.25, -0.2) is 0 Å². The summed E-state index contributed by atoms with van der Waals surface area (Å²) in [5.74, 6) is 1.16. The molecule has 2 heterocycles. The maximum absolute atomic E-state index is 12.6. The van der Waals surface area contributed by atoms with Crippen LogP contribution >= 0.6 is 0 Å². The minimum atomic E-state index is 0.211. The van der Waals surface area contributed by atoms with Gasteiger partial charge >= 0.3 is 0 Å². The van der Waals surface area contributed by atoms with Gasteiger partial charge in [-0.15, -0.1) is 0 Å². The van der Waals surface area contributed by atoms with Gasteiger partial charge in [-0.05, 0) is 42.7 Å². The lowest BCUT2D eigenvalue weighted by atomic mass is 10.00. The average Bonchev–Trinajstić information content (AvgIpc) is 3.02. The van der Waals surface area contributed by atoms with Crippen LogP contribution in [0.4, 0.5) is 0 Å². The Morgan fingerprint density at radius 1 is 1.08 bits per heavy atom. The zero-order valence-corrected chi connectivity index (χ0v) is 15.5. The highest BCUT2D eigenvalue weighted by atomic mass is 16.2. The Morgan fingerprint density at radius 2 is 1.72 bits per heavy atom. The van der Waals surface area contributed by atoms with Crippen molar-refractivity contribution >= 4 is 11.8 Å². The topological polar surface area (TPSA) is 40.6 Å². The number of rotatable bonds is 5. The van der Waals surface area contributed by atoms with Gasteiger partial charge in [0.25, 0.3) is 0 Å². The molecule has 1 aromatic carbocycles. The van der Waals surface area contributed by atoms with Gasteiger partial charge in [-0.1, -0.05) is 38.1 Å². The Hall–Kier alpha value is -1.84. The Balaban J connectivity index is 1.48. The van der Waals surface area contributed by atoms with E-state index in [0.29, 0.717) is 30.7 Å². The van der Waals surface area contributed by atoms with Crippen molar-refractivity contribution in [2.24, 2.45) is 5.92 Å². The van der Waals surface area contributed by atoms with Crippen LogP contribution in [0.15, 0.2) is 24.3 Å². The van der Waals surface area contributed by atoms with Crippen LogP contribution in [0.25, 0.3) is 0 Å². The predicted octanol–water partition coefficient (Wildman–Crippen LogP) is 3.04. The highest BCUT2D eigenvalue weighted by Crippen LogP contribution is 2.22. The molecular formula is C21H30N2O2. The normalized spacial score (nSPS) is 19.1. The molecule has 0 unspecified atom stereocenters. The Labute approximate surface area is 151 Å². The lowest BCUT2D eigenvalue weighted by Gasteiger charge is -2.36. The summed E-state index contributed by atoms with van der Waals surface area (Å²) < 4.78 is 0. The second-order valence-electron chi connectivity index (χ2n) is 7.89. The molecule has 0 aliphatic carbocycles. The van der Waals surface area contributed by atoms with Gasteiger partial charge in [0.1, 0.15) is 0 Å². The molecule has 136 valence electrons. The van der Waals surface area contributed by atoms with Crippen LogP contribution in [-0.2, 0) is 22.4 Å². The first-order chi connectivity index (χ1) is 12.0. The fourth-order valence-electron chi connectivity index (χ4n) is 4.03. The van der Waals surface area contributed by atoms with E-state index < -0.39 is 0 Å². The molecule has 0 spiro atoms. The summed E-state index contributed by atoms with van der Waals surface area (Å²) in [4.78, 5) is 28.4. The second-order valence-corrected chi connectivity index (χ2v) is 7.89. The van der Waals surface area contributed by atoms with Crippen molar-refractivity contribution in [3.05, 3.63) is 35.4 Å². The van der Waals surface area contributed by atoms with E-state index in [9.17, 15) is 9.59 Å². The van der Waals surface area contributed by atoms with E-state index in [1.807, 2.05) is 9.80 Å². The number of likely N-dealkylation sites (tertiary alicyclic amines) is 2. The van der Waals surface area contributed by atoms with E-state index >= 15 is 0 Å². The fraction of sp³-hybridized carbons (Fsp3) is 0.619. The lowest BCUT2D eigenvalue weighted by molar-refractivity contribution is -0.134. The Morgan fingerprint density at radius 3 is 2.28 bits per heavy atom. The van der Waals surface area contributed by atoms with Crippen LogP contribution < -0.4 is 0 Å².